The fourth-order valence-electron chi connectivity index (χ4n) is 8.83. The number of ether oxygens (including phenoxy) is 1. The lowest BCUT2D eigenvalue weighted by Crippen LogP contribution is -2.47. The highest BCUT2D eigenvalue weighted by Gasteiger charge is 2.46. The highest BCUT2D eigenvalue weighted by atomic mass is 16.5. The normalized spacial score (nSPS) is 21.3. The summed E-state index contributed by atoms with van der Waals surface area (Å²) in [5, 5.41) is 2.55. The fraction of sp³-hybridized carbons (Fsp3) is 0.698. The summed E-state index contributed by atoms with van der Waals surface area (Å²) in [5.74, 6) is -4.13. The van der Waals surface area contributed by atoms with Gasteiger partial charge in [-0.1, -0.05) is 88.6 Å². The fourth-order valence-corrected chi connectivity index (χ4v) is 8.83. The predicted octanol–water partition coefficient (Wildman–Crippen LogP) is 6.14. The van der Waals surface area contributed by atoms with Gasteiger partial charge in [-0.3, -0.25) is 33.6 Å². The van der Waals surface area contributed by atoms with Gasteiger partial charge < -0.3 is 20.7 Å². The molecule has 11 nitrogen and oxygen atoms in total. The average Bonchev–Trinajstić information content (AvgIpc) is 3.81. The highest BCUT2D eigenvalue weighted by molar-refractivity contribution is 6.38. The molecule has 0 aromatic heterocycles. The van der Waals surface area contributed by atoms with Crippen LogP contribution in [-0.2, 0) is 38.3 Å². The molecule has 1 unspecified atom stereocenters. The molecular weight excluding hydrogens is 686 g/mol. The average molecular weight is 750 g/mol. The molecule has 5 atom stereocenters. The molecule has 11 heteroatoms. The van der Waals surface area contributed by atoms with Gasteiger partial charge in [0.25, 0.3) is 0 Å². The first-order chi connectivity index (χ1) is 25.7. The highest BCUT2D eigenvalue weighted by Crippen LogP contribution is 2.37. The minimum absolute atomic E-state index is 0.0762. The lowest BCUT2D eigenvalue weighted by molar-refractivity contribution is -0.146. The molecule has 3 N–H and O–H groups in total. The van der Waals surface area contributed by atoms with Crippen LogP contribution in [-0.4, -0.2) is 70.0 Å². The second kappa shape index (κ2) is 20.3. The Labute approximate surface area is 321 Å². The van der Waals surface area contributed by atoms with Crippen molar-refractivity contribution < 1.29 is 38.3 Å². The lowest BCUT2D eigenvalue weighted by Gasteiger charge is -2.34. The maximum Gasteiger partial charge on any atom is 0.244 e. The molecule has 298 valence electrons. The zero-order chi connectivity index (χ0) is 39.4. The summed E-state index contributed by atoms with van der Waals surface area (Å²) in [6.07, 6.45) is 9.78. The van der Waals surface area contributed by atoms with Gasteiger partial charge in [0.15, 0.2) is 11.6 Å². The van der Waals surface area contributed by atoms with E-state index < -0.39 is 59.0 Å². The van der Waals surface area contributed by atoms with Gasteiger partial charge in [0, 0.05) is 56.9 Å². The number of benzene rings is 1. The number of carbonyl (C=O) groups is 7. The van der Waals surface area contributed by atoms with Crippen molar-refractivity contribution in [3.05, 3.63) is 35.9 Å². The third-order valence-corrected chi connectivity index (χ3v) is 11.4. The number of hydrogen-bond donors (Lipinski definition) is 2. The zero-order valence-electron chi connectivity index (χ0n) is 32.9. The van der Waals surface area contributed by atoms with Crippen LogP contribution in [0.2, 0.25) is 0 Å². The van der Waals surface area contributed by atoms with Gasteiger partial charge in [0.1, 0.15) is 11.8 Å². The van der Waals surface area contributed by atoms with E-state index in [1.807, 2.05) is 27.7 Å². The third kappa shape index (κ3) is 12.7. The molecule has 1 saturated heterocycles. The standard InChI is InChI=1S/C43H63N3O8/c1-5-14-31(40(51)36(48)21-22-38(50)45-39(41(44)52)30-19-10-7-11-20-30)24-37(49)35-26-33(54-43(2,3)4)27-46(35)42(53)34(29-17-8-6-9-18-29)25-32(47)23-28-15-12-13-16-28/h7,10-11,19-20,28-29,31,33-35,39H,5-6,8-9,12-18,21-27H2,1-4H3,(H2,44,52)(H,45,50)/t31?,33-,34+,35+,39+/m1/s1. The number of rotatable bonds is 20. The van der Waals surface area contributed by atoms with Crippen molar-refractivity contribution in [3.8, 4) is 0 Å². The molecule has 4 rings (SSSR count). The molecule has 0 bridgehead atoms. The molecule has 3 amide bonds. The number of carbonyl (C=O) groups excluding carboxylic acids is 7. The molecule has 3 fully saturated rings. The Morgan fingerprint density at radius 2 is 1.54 bits per heavy atom. The number of primary amides is 1. The topological polar surface area (TPSA) is 170 Å². The molecule has 2 saturated carbocycles. The molecule has 1 aromatic carbocycles. The van der Waals surface area contributed by atoms with Gasteiger partial charge in [0.2, 0.25) is 23.5 Å². The maximum atomic E-state index is 14.6. The number of nitrogens with one attached hydrogen (secondary N) is 1. The van der Waals surface area contributed by atoms with Crippen LogP contribution in [0.4, 0.5) is 0 Å². The van der Waals surface area contributed by atoms with E-state index in [1.165, 1.54) is 0 Å². The third-order valence-electron chi connectivity index (χ3n) is 11.4. The molecule has 0 radical (unpaired) electrons. The number of ketones is 4. The molecule has 0 spiro atoms. The van der Waals surface area contributed by atoms with Crippen LogP contribution in [0.3, 0.4) is 0 Å². The van der Waals surface area contributed by atoms with Crippen molar-refractivity contribution in [1.82, 2.24) is 10.2 Å². The predicted molar refractivity (Wildman–Crippen MR) is 205 cm³/mol. The van der Waals surface area contributed by atoms with Crippen molar-refractivity contribution in [2.24, 2.45) is 29.4 Å². The quantitative estimate of drug-likeness (QED) is 0.150. The smallest absolute Gasteiger partial charge is 0.244 e. The van der Waals surface area contributed by atoms with Gasteiger partial charge in [-0.2, -0.15) is 0 Å². The number of Topliss-reactive ketones (excluding diaryl/α,β-unsaturated/α-hetero) is 4. The summed E-state index contributed by atoms with van der Waals surface area (Å²) in [4.78, 5) is 95.5. The second-order valence-corrected chi connectivity index (χ2v) is 17.0. The van der Waals surface area contributed by atoms with E-state index in [2.05, 4.69) is 5.32 Å². The van der Waals surface area contributed by atoms with Crippen molar-refractivity contribution in [1.29, 1.82) is 0 Å². The molecule has 2 aliphatic carbocycles. The van der Waals surface area contributed by atoms with Crippen LogP contribution in [0.1, 0.15) is 148 Å². The first-order valence-corrected chi connectivity index (χ1v) is 20.4. The van der Waals surface area contributed by atoms with Gasteiger partial charge in [-0.25, -0.2) is 0 Å². The summed E-state index contributed by atoms with van der Waals surface area (Å²) in [7, 11) is 0. The van der Waals surface area contributed by atoms with Crippen LogP contribution in [0.15, 0.2) is 30.3 Å². The number of nitrogens with zero attached hydrogens (tertiary/aromatic N) is 1. The monoisotopic (exact) mass is 749 g/mol. The molecule has 1 aromatic rings. The molecule has 3 aliphatic rings. The van der Waals surface area contributed by atoms with Gasteiger partial charge >= 0.3 is 0 Å². The first-order valence-electron chi connectivity index (χ1n) is 20.4. The van der Waals surface area contributed by atoms with Crippen molar-refractivity contribution in [2.45, 2.75) is 161 Å². The van der Waals surface area contributed by atoms with Crippen LogP contribution < -0.4 is 11.1 Å². The Hall–Kier alpha value is -3.73. The maximum absolute atomic E-state index is 14.6. The van der Waals surface area contributed by atoms with Crippen molar-refractivity contribution >= 4 is 40.9 Å². The van der Waals surface area contributed by atoms with Gasteiger partial charge in [-0.05, 0) is 57.4 Å². The summed E-state index contributed by atoms with van der Waals surface area (Å²) in [5.41, 5.74) is 5.49. The van der Waals surface area contributed by atoms with E-state index in [4.69, 9.17) is 10.5 Å². The lowest BCUT2D eigenvalue weighted by atomic mass is 9.76. The Morgan fingerprint density at radius 3 is 2.15 bits per heavy atom. The minimum atomic E-state index is -1.08. The van der Waals surface area contributed by atoms with Crippen molar-refractivity contribution in [2.75, 3.05) is 6.54 Å². The second-order valence-electron chi connectivity index (χ2n) is 17.0. The molecule has 1 heterocycles. The summed E-state index contributed by atoms with van der Waals surface area (Å²) in [6, 6.07) is 6.57. The van der Waals surface area contributed by atoms with E-state index in [0.29, 0.717) is 30.7 Å². The summed E-state index contributed by atoms with van der Waals surface area (Å²) >= 11 is 0. The number of likely N-dealkylation sites (tertiary alicyclic amines) is 1. The molecule has 1 aliphatic heterocycles. The van der Waals surface area contributed by atoms with Gasteiger partial charge in [0.05, 0.1) is 17.7 Å². The molecular formula is C43H63N3O8. The van der Waals surface area contributed by atoms with E-state index in [-0.39, 0.29) is 62.0 Å². The SMILES string of the molecule is CCCC(CC(=O)[C@@H]1C[C@@H](OC(C)(C)C)CN1C(=O)[C@@H](CC(=O)CC1CCCC1)C1CCCCC1)C(=O)C(=O)CCC(=O)N[C@H](C(N)=O)c1ccccc1. The van der Waals surface area contributed by atoms with E-state index in [9.17, 15) is 33.6 Å². The summed E-state index contributed by atoms with van der Waals surface area (Å²) < 4.78 is 6.32. The Morgan fingerprint density at radius 1 is 0.889 bits per heavy atom. The van der Waals surface area contributed by atoms with E-state index >= 15 is 0 Å². The van der Waals surface area contributed by atoms with Crippen LogP contribution in [0, 0.1) is 23.7 Å². The Bertz CT molecular complexity index is 1470. The van der Waals surface area contributed by atoms with E-state index in [1.54, 1.807) is 35.2 Å². The van der Waals surface area contributed by atoms with Gasteiger partial charge in [-0.15, -0.1) is 0 Å². The summed E-state index contributed by atoms with van der Waals surface area (Å²) in [6.45, 7) is 7.88. The van der Waals surface area contributed by atoms with Crippen LogP contribution in [0.5, 0.6) is 0 Å². The Kier molecular flexibility index (Phi) is 16.1. The Balaban J connectivity index is 1.46. The van der Waals surface area contributed by atoms with Crippen LogP contribution in [0.25, 0.3) is 0 Å². The number of hydrogen-bond acceptors (Lipinski definition) is 8. The number of amides is 3. The molecule has 54 heavy (non-hydrogen) atoms. The van der Waals surface area contributed by atoms with Crippen molar-refractivity contribution in [3.63, 3.8) is 0 Å². The number of nitrogens with two attached hydrogens (primary N) is 1. The van der Waals surface area contributed by atoms with E-state index in [0.717, 1.165) is 57.8 Å². The largest absolute Gasteiger partial charge is 0.371 e. The zero-order valence-corrected chi connectivity index (χ0v) is 32.9. The minimum Gasteiger partial charge on any atom is -0.371 e. The van der Waals surface area contributed by atoms with Crippen LogP contribution >= 0.6 is 0 Å². The first kappa shape index (κ1) is 43.0.